The highest BCUT2D eigenvalue weighted by atomic mass is 16.3. The van der Waals surface area contributed by atoms with Crippen molar-refractivity contribution >= 4 is 0 Å². The van der Waals surface area contributed by atoms with Gasteiger partial charge in [-0.1, -0.05) is 0 Å². The summed E-state index contributed by atoms with van der Waals surface area (Å²) in [4.78, 5) is 4.10. The Labute approximate surface area is 128 Å². The minimum Gasteiger partial charge on any atom is -0.395 e. The van der Waals surface area contributed by atoms with Crippen LogP contribution < -0.4 is 5.32 Å². The molecule has 0 saturated carbocycles. The molecule has 0 aliphatic rings. The molecule has 0 atom stereocenters. The summed E-state index contributed by atoms with van der Waals surface area (Å²) in [6.45, 7) is 6.49. The van der Waals surface area contributed by atoms with Crippen LogP contribution in [0, 0.1) is 0 Å². The van der Waals surface area contributed by atoms with Gasteiger partial charge >= 0.3 is 0 Å². The lowest BCUT2D eigenvalue weighted by molar-refractivity contribution is 0.158. The first-order chi connectivity index (χ1) is 10.3. The van der Waals surface area contributed by atoms with Crippen molar-refractivity contribution in [3.63, 3.8) is 0 Å². The maximum absolute atomic E-state index is 8.90. The molecule has 0 fully saturated rings. The van der Waals surface area contributed by atoms with E-state index in [1.807, 2.05) is 9.80 Å². The number of aliphatic hydroxyl groups is 4. The van der Waals surface area contributed by atoms with E-state index in [-0.39, 0.29) is 26.4 Å². The summed E-state index contributed by atoms with van der Waals surface area (Å²) in [7, 11) is 0. The standard InChI is InChI=1S/C14H33N3O4/c18-11-7-16(8-12-19)5-1-3-15-4-2-6-17(9-13-20)10-14-21/h15,18-21H,1-14H2. The Morgan fingerprint density at radius 2 is 0.857 bits per heavy atom. The number of hydrogen-bond donors (Lipinski definition) is 5. The van der Waals surface area contributed by atoms with Gasteiger partial charge in [-0.3, -0.25) is 9.80 Å². The summed E-state index contributed by atoms with van der Waals surface area (Å²) < 4.78 is 0. The van der Waals surface area contributed by atoms with E-state index in [1.165, 1.54) is 0 Å². The van der Waals surface area contributed by atoms with Gasteiger partial charge in [-0.05, 0) is 39.0 Å². The van der Waals surface area contributed by atoms with Crippen LogP contribution in [0.1, 0.15) is 12.8 Å². The van der Waals surface area contributed by atoms with Crippen molar-refractivity contribution in [2.24, 2.45) is 0 Å². The molecule has 7 nitrogen and oxygen atoms in total. The molecule has 7 heteroatoms. The molecule has 21 heavy (non-hydrogen) atoms. The number of nitrogens with zero attached hydrogens (tertiary/aromatic N) is 2. The Morgan fingerprint density at radius 1 is 0.524 bits per heavy atom. The highest BCUT2D eigenvalue weighted by Gasteiger charge is 2.04. The molecule has 0 bridgehead atoms. The molecule has 0 heterocycles. The molecule has 0 unspecified atom stereocenters. The first-order valence-corrected chi connectivity index (χ1v) is 7.87. The zero-order valence-corrected chi connectivity index (χ0v) is 13.1. The summed E-state index contributed by atoms with van der Waals surface area (Å²) in [5, 5.41) is 38.9. The summed E-state index contributed by atoms with van der Waals surface area (Å²) in [5.74, 6) is 0. The van der Waals surface area contributed by atoms with E-state index < -0.39 is 0 Å². The predicted octanol–water partition coefficient (Wildman–Crippen LogP) is -2.07. The molecule has 0 aliphatic heterocycles. The van der Waals surface area contributed by atoms with E-state index in [2.05, 4.69) is 5.32 Å². The predicted molar refractivity (Wildman–Crippen MR) is 83.3 cm³/mol. The van der Waals surface area contributed by atoms with Crippen molar-refractivity contribution in [2.75, 3.05) is 78.8 Å². The largest absolute Gasteiger partial charge is 0.395 e. The number of rotatable bonds is 16. The van der Waals surface area contributed by atoms with Crippen molar-refractivity contribution < 1.29 is 20.4 Å². The number of hydrogen-bond acceptors (Lipinski definition) is 7. The van der Waals surface area contributed by atoms with Crippen LogP contribution in [0.4, 0.5) is 0 Å². The lowest BCUT2D eigenvalue weighted by Crippen LogP contribution is -2.34. The lowest BCUT2D eigenvalue weighted by Gasteiger charge is -2.21. The Bertz CT molecular complexity index is 179. The lowest BCUT2D eigenvalue weighted by atomic mass is 10.3. The van der Waals surface area contributed by atoms with E-state index in [0.29, 0.717) is 26.2 Å². The Kier molecular flexibility index (Phi) is 15.9. The molecule has 0 rings (SSSR count). The van der Waals surface area contributed by atoms with E-state index in [9.17, 15) is 0 Å². The third kappa shape index (κ3) is 13.1. The second kappa shape index (κ2) is 16.1. The van der Waals surface area contributed by atoms with Crippen LogP contribution in [0.3, 0.4) is 0 Å². The number of nitrogens with one attached hydrogen (secondary N) is 1. The molecule has 128 valence electrons. The molecular formula is C14H33N3O4. The average Bonchev–Trinajstić information content (AvgIpc) is 2.47. The summed E-state index contributed by atoms with van der Waals surface area (Å²) in [6, 6.07) is 0. The van der Waals surface area contributed by atoms with E-state index >= 15 is 0 Å². The van der Waals surface area contributed by atoms with E-state index in [1.54, 1.807) is 0 Å². The van der Waals surface area contributed by atoms with Gasteiger partial charge in [-0.15, -0.1) is 0 Å². The minimum absolute atomic E-state index is 0.124. The molecule has 0 aromatic rings. The SMILES string of the molecule is OCCN(CCO)CCCNCCCN(CCO)CCO. The van der Waals surface area contributed by atoms with Crippen LogP contribution in [0.5, 0.6) is 0 Å². The molecule has 5 N–H and O–H groups in total. The van der Waals surface area contributed by atoms with Crippen molar-refractivity contribution in [1.29, 1.82) is 0 Å². The molecule has 0 aromatic heterocycles. The van der Waals surface area contributed by atoms with Gasteiger partial charge in [0.2, 0.25) is 0 Å². The van der Waals surface area contributed by atoms with Crippen LogP contribution >= 0.6 is 0 Å². The van der Waals surface area contributed by atoms with Gasteiger partial charge in [0, 0.05) is 26.2 Å². The van der Waals surface area contributed by atoms with Crippen molar-refractivity contribution in [2.45, 2.75) is 12.8 Å². The summed E-state index contributed by atoms with van der Waals surface area (Å²) in [5.41, 5.74) is 0. The maximum Gasteiger partial charge on any atom is 0.0558 e. The van der Waals surface area contributed by atoms with Crippen LogP contribution in [0.2, 0.25) is 0 Å². The van der Waals surface area contributed by atoms with E-state index in [0.717, 1.165) is 39.0 Å². The second-order valence-corrected chi connectivity index (χ2v) is 5.03. The quantitative estimate of drug-likeness (QED) is 0.209. The first kappa shape index (κ1) is 20.7. The fourth-order valence-corrected chi connectivity index (χ4v) is 2.22. The highest BCUT2D eigenvalue weighted by Crippen LogP contribution is 1.92. The van der Waals surface area contributed by atoms with Gasteiger partial charge in [-0.25, -0.2) is 0 Å². The molecule has 0 saturated heterocycles. The van der Waals surface area contributed by atoms with Gasteiger partial charge in [0.15, 0.2) is 0 Å². The number of aliphatic hydroxyl groups excluding tert-OH is 4. The van der Waals surface area contributed by atoms with Gasteiger partial charge in [0.1, 0.15) is 0 Å². The van der Waals surface area contributed by atoms with Crippen LogP contribution in [-0.2, 0) is 0 Å². The Morgan fingerprint density at radius 3 is 1.14 bits per heavy atom. The fraction of sp³-hybridized carbons (Fsp3) is 1.00. The topological polar surface area (TPSA) is 99.4 Å². The molecule has 0 aliphatic carbocycles. The van der Waals surface area contributed by atoms with Crippen molar-refractivity contribution in [3.05, 3.63) is 0 Å². The third-order valence-corrected chi connectivity index (χ3v) is 3.32. The zero-order chi connectivity index (χ0) is 15.8. The molecule has 0 radical (unpaired) electrons. The molecule has 0 amide bonds. The van der Waals surface area contributed by atoms with E-state index in [4.69, 9.17) is 20.4 Å². The molecule has 0 spiro atoms. The smallest absolute Gasteiger partial charge is 0.0558 e. The first-order valence-electron chi connectivity index (χ1n) is 7.87. The third-order valence-electron chi connectivity index (χ3n) is 3.32. The fourth-order valence-electron chi connectivity index (χ4n) is 2.22. The molecule has 0 aromatic carbocycles. The second-order valence-electron chi connectivity index (χ2n) is 5.03. The van der Waals surface area contributed by atoms with Gasteiger partial charge in [0.25, 0.3) is 0 Å². The van der Waals surface area contributed by atoms with Crippen LogP contribution in [-0.4, -0.2) is 109 Å². The van der Waals surface area contributed by atoms with Crippen LogP contribution in [0.15, 0.2) is 0 Å². The highest BCUT2D eigenvalue weighted by molar-refractivity contribution is 4.60. The normalized spacial score (nSPS) is 11.7. The van der Waals surface area contributed by atoms with Gasteiger partial charge < -0.3 is 25.7 Å². The Balaban J connectivity index is 3.48. The summed E-state index contributed by atoms with van der Waals surface area (Å²) in [6.07, 6.45) is 1.97. The maximum atomic E-state index is 8.90. The molecular weight excluding hydrogens is 274 g/mol. The van der Waals surface area contributed by atoms with Crippen molar-refractivity contribution in [3.8, 4) is 0 Å². The van der Waals surface area contributed by atoms with Gasteiger partial charge in [0.05, 0.1) is 26.4 Å². The van der Waals surface area contributed by atoms with Crippen LogP contribution in [0.25, 0.3) is 0 Å². The van der Waals surface area contributed by atoms with Crippen molar-refractivity contribution in [1.82, 2.24) is 15.1 Å². The Hall–Kier alpha value is -0.280. The van der Waals surface area contributed by atoms with Gasteiger partial charge in [-0.2, -0.15) is 0 Å². The average molecular weight is 307 g/mol. The monoisotopic (exact) mass is 307 g/mol. The minimum atomic E-state index is 0.124. The summed E-state index contributed by atoms with van der Waals surface area (Å²) >= 11 is 0. The zero-order valence-electron chi connectivity index (χ0n) is 13.1.